The van der Waals surface area contributed by atoms with Gasteiger partial charge in [0.25, 0.3) is 0 Å². The Morgan fingerprint density at radius 2 is 1.77 bits per heavy atom. The minimum absolute atomic E-state index is 0.0712. The van der Waals surface area contributed by atoms with Gasteiger partial charge in [0.2, 0.25) is 11.8 Å². The first-order valence-electron chi connectivity index (χ1n) is 11.4. The predicted octanol–water partition coefficient (Wildman–Crippen LogP) is 4.10. The van der Waals surface area contributed by atoms with Gasteiger partial charge in [0.1, 0.15) is 6.04 Å². The summed E-state index contributed by atoms with van der Waals surface area (Å²) in [6.07, 6.45) is 2.95. The van der Waals surface area contributed by atoms with Crippen molar-refractivity contribution in [1.82, 2.24) is 9.80 Å². The molecule has 0 spiro atoms. The fourth-order valence-corrected chi connectivity index (χ4v) is 4.72. The van der Waals surface area contributed by atoms with Crippen LogP contribution in [0.1, 0.15) is 48.1 Å². The van der Waals surface area contributed by atoms with Crippen LogP contribution in [-0.2, 0) is 16.0 Å². The summed E-state index contributed by atoms with van der Waals surface area (Å²) in [5, 5.41) is 3.06. The first-order chi connectivity index (χ1) is 14.9. The van der Waals surface area contributed by atoms with Gasteiger partial charge < -0.3 is 10.2 Å². The minimum Gasteiger partial charge on any atom is -0.341 e. The van der Waals surface area contributed by atoms with Crippen molar-refractivity contribution < 1.29 is 9.59 Å². The Hall–Kier alpha value is -2.66. The molecule has 0 saturated carbocycles. The number of carbonyl (C=O) groups is 2. The Morgan fingerprint density at radius 1 is 1.03 bits per heavy atom. The van der Waals surface area contributed by atoms with Crippen LogP contribution in [0.15, 0.2) is 42.5 Å². The van der Waals surface area contributed by atoms with Crippen molar-refractivity contribution in [3.05, 3.63) is 64.7 Å². The van der Waals surface area contributed by atoms with Crippen LogP contribution in [0.3, 0.4) is 0 Å². The Kier molecular flexibility index (Phi) is 6.42. The monoisotopic (exact) mass is 419 g/mol. The number of piperidine rings is 1. The second kappa shape index (κ2) is 9.23. The standard InChI is InChI=1S/C26H33N3O2/c1-18-10-13-28(14-11-18)26(31)25-22-7-5-4-6-21(22)12-15-29(25)17-24(30)27-23-16-19(2)8-9-20(23)3/h4-9,16,18,25H,10-15,17H2,1-3H3,(H,27,30)/t25-/m1/s1. The van der Waals surface area contributed by atoms with Crippen molar-refractivity contribution in [2.45, 2.75) is 46.1 Å². The molecule has 5 heteroatoms. The SMILES string of the molecule is Cc1ccc(C)c(NC(=O)CN2CCc3ccccc3[C@@H]2C(=O)N2CCC(C)CC2)c1. The molecule has 2 amide bonds. The van der Waals surface area contributed by atoms with E-state index in [-0.39, 0.29) is 24.4 Å². The summed E-state index contributed by atoms with van der Waals surface area (Å²) in [6, 6.07) is 13.9. The van der Waals surface area contributed by atoms with Crippen LogP contribution in [0.2, 0.25) is 0 Å². The van der Waals surface area contributed by atoms with Crippen LogP contribution in [0.4, 0.5) is 5.69 Å². The number of nitrogens with zero attached hydrogens (tertiary/aromatic N) is 2. The maximum absolute atomic E-state index is 13.6. The zero-order valence-corrected chi connectivity index (χ0v) is 18.9. The number of carbonyl (C=O) groups excluding carboxylic acids is 2. The predicted molar refractivity (Wildman–Crippen MR) is 124 cm³/mol. The fraction of sp³-hybridized carbons (Fsp3) is 0.462. The van der Waals surface area contributed by atoms with Gasteiger partial charge in [0.15, 0.2) is 0 Å². The van der Waals surface area contributed by atoms with Gasteiger partial charge in [-0.1, -0.05) is 43.3 Å². The smallest absolute Gasteiger partial charge is 0.244 e. The average molecular weight is 420 g/mol. The first kappa shape index (κ1) is 21.6. The Morgan fingerprint density at radius 3 is 2.55 bits per heavy atom. The molecule has 2 aromatic carbocycles. The lowest BCUT2D eigenvalue weighted by Gasteiger charge is -2.40. The maximum atomic E-state index is 13.6. The number of nitrogens with one attached hydrogen (secondary N) is 1. The Labute approximate surface area is 185 Å². The molecule has 1 saturated heterocycles. The molecule has 1 N–H and O–H groups in total. The van der Waals surface area contributed by atoms with Crippen LogP contribution in [-0.4, -0.2) is 47.8 Å². The molecule has 1 fully saturated rings. The van der Waals surface area contributed by atoms with E-state index in [4.69, 9.17) is 0 Å². The van der Waals surface area contributed by atoms with Gasteiger partial charge in [-0.05, 0) is 67.3 Å². The number of likely N-dealkylation sites (tertiary alicyclic amines) is 1. The van der Waals surface area contributed by atoms with Crippen molar-refractivity contribution >= 4 is 17.5 Å². The molecule has 2 aliphatic heterocycles. The average Bonchev–Trinajstić information content (AvgIpc) is 2.76. The summed E-state index contributed by atoms with van der Waals surface area (Å²) in [5.41, 5.74) is 5.27. The highest BCUT2D eigenvalue weighted by molar-refractivity contribution is 5.94. The normalized spacial score (nSPS) is 19.7. The quantitative estimate of drug-likeness (QED) is 0.812. The van der Waals surface area contributed by atoms with Crippen molar-refractivity contribution in [1.29, 1.82) is 0 Å². The van der Waals surface area contributed by atoms with E-state index in [0.29, 0.717) is 12.5 Å². The van der Waals surface area contributed by atoms with Crippen molar-refractivity contribution in [3.8, 4) is 0 Å². The molecule has 31 heavy (non-hydrogen) atoms. The van der Waals surface area contributed by atoms with E-state index in [2.05, 4.69) is 29.3 Å². The zero-order valence-electron chi connectivity index (χ0n) is 18.9. The van der Waals surface area contributed by atoms with Gasteiger partial charge in [-0.2, -0.15) is 0 Å². The van der Waals surface area contributed by atoms with Crippen LogP contribution < -0.4 is 5.32 Å². The molecule has 164 valence electrons. The van der Waals surface area contributed by atoms with Gasteiger partial charge in [-0.25, -0.2) is 0 Å². The van der Waals surface area contributed by atoms with E-state index in [1.807, 2.05) is 49.1 Å². The fourth-order valence-electron chi connectivity index (χ4n) is 4.72. The minimum atomic E-state index is -0.386. The van der Waals surface area contributed by atoms with E-state index in [1.165, 1.54) is 5.56 Å². The molecule has 2 aliphatic rings. The number of aryl methyl sites for hydroxylation is 2. The number of hydrogen-bond donors (Lipinski definition) is 1. The molecule has 2 heterocycles. The second-order valence-electron chi connectivity index (χ2n) is 9.20. The van der Waals surface area contributed by atoms with E-state index >= 15 is 0 Å². The zero-order chi connectivity index (χ0) is 22.0. The highest BCUT2D eigenvalue weighted by Gasteiger charge is 2.37. The molecule has 0 bridgehead atoms. The Balaban J connectivity index is 1.54. The van der Waals surface area contributed by atoms with E-state index in [9.17, 15) is 9.59 Å². The summed E-state index contributed by atoms with van der Waals surface area (Å²) in [4.78, 5) is 30.7. The molecule has 0 aliphatic carbocycles. The molecule has 2 aromatic rings. The molecule has 0 radical (unpaired) electrons. The third-order valence-corrected chi connectivity index (χ3v) is 6.73. The number of rotatable bonds is 4. The van der Waals surface area contributed by atoms with Gasteiger partial charge >= 0.3 is 0 Å². The third kappa shape index (κ3) is 4.82. The molecule has 0 unspecified atom stereocenters. The van der Waals surface area contributed by atoms with Crippen LogP contribution >= 0.6 is 0 Å². The summed E-state index contributed by atoms with van der Waals surface area (Å²) in [6.45, 7) is 8.80. The highest BCUT2D eigenvalue weighted by atomic mass is 16.2. The molecule has 1 atom stereocenters. The maximum Gasteiger partial charge on any atom is 0.244 e. The van der Waals surface area contributed by atoms with Gasteiger partial charge in [0.05, 0.1) is 6.54 Å². The summed E-state index contributed by atoms with van der Waals surface area (Å²) >= 11 is 0. The van der Waals surface area contributed by atoms with Crippen LogP contribution in [0.25, 0.3) is 0 Å². The summed E-state index contributed by atoms with van der Waals surface area (Å²) in [7, 11) is 0. The van der Waals surface area contributed by atoms with Crippen molar-refractivity contribution in [2.75, 3.05) is 31.5 Å². The van der Waals surface area contributed by atoms with E-state index < -0.39 is 0 Å². The lowest BCUT2D eigenvalue weighted by Crippen LogP contribution is -2.50. The summed E-state index contributed by atoms with van der Waals surface area (Å²) in [5.74, 6) is 0.735. The highest BCUT2D eigenvalue weighted by Crippen LogP contribution is 2.32. The number of hydrogen-bond acceptors (Lipinski definition) is 3. The van der Waals surface area contributed by atoms with Gasteiger partial charge in [0, 0.05) is 25.3 Å². The molecule has 0 aromatic heterocycles. The van der Waals surface area contributed by atoms with Crippen LogP contribution in [0, 0.1) is 19.8 Å². The number of fused-ring (bicyclic) bond motifs is 1. The van der Waals surface area contributed by atoms with Gasteiger partial charge in [-0.15, -0.1) is 0 Å². The van der Waals surface area contributed by atoms with E-state index in [1.54, 1.807) is 0 Å². The topological polar surface area (TPSA) is 52.7 Å². The molecular formula is C26H33N3O2. The van der Waals surface area contributed by atoms with Crippen molar-refractivity contribution in [3.63, 3.8) is 0 Å². The number of benzene rings is 2. The Bertz CT molecular complexity index is 963. The van der Waals surface area contributed by atoms with Gasteiger partial charge in [-0.3, -0.25) is 14.5 Å². The number of anilines is 1. The third-order valence-electron chi connectivity index (χ3n) is 6.73. The summed E-state index contributed by atoms with van der Waals surface area (Å²) < 4.78 is 0. The van der Waals surface area contributed by atoms with Crippen molar-refractivity contribution in [2.24, 2.45) is 5.92 Å². The number of amides is 2. The lowest BCUT2D eigenvalue weighted by atomic mass is 9.90. The molecular weight excluding hydrogens is 386 g/mol. The van der Waals surface area contributed by atoms with Crippen LogP contribution in [0.5, 0.6) is 0 Å². The first-order valence-corrected chi connectivity index (χ1v) is 11.4. The largest absolute Gasteiger partial charge is 0.341 e. The molecule has 5 nitrogen and oxygen atoms in total. The lowest BCUT2D eigenvalue weighted by molar-refractivity contribution is -0.139. The van der Waals surface area contributed by atoms with E-state index in [0.717, 1.165) is 54.7 Å². The second-order valence-corrected chi connectivity index (χ2v) is 9.20. The molecule has 4 rings (SSSR count).